The van der Waals surface area contributed by atoms with Crippen molar-refractivity contribution >= 4 is 35.3 Å². The minimum Gasteiger partial charge on any atom is -0.482 e. The summed E-state index contributed by atoms with van der Waals surface area (Å²) in [6.07, 6.45) is 1.60. The monoisotopic (exact) mass is 278 g/mol. The van der Waals surface area contributed by atoms with Gasteiger partial charge in [-0.15, -0.1) is 0 Å². The lowest BCUT2D eigenvalue weighted by Gasteiger charge is -2.04. The molecule has 1 amide bonds. The summed E-state index contributed by atoms with van der Waals surface area (Å²) in [5.41, 5.74) is 1.03. The van der Waals surface area contributed by atoms with Gasteiger partial charge in [-0.05, 0) is 36.0 Å². The van der Waals surface area contributed by atoms with E-state index in [1.54, 1.807) is 30.3 Å². The first kappa shape index (κ1) is 13.0. The minimum absolute atomic E-state index is 0.259. The van der Waals surface area contributed by atoms with Gasteiger partial charge in [-0.1, -0.05) is 12.1 Å². The molecule has 0 aliphatic carbocycles. The molecule has 19 heavy (non-hydrogen) atoms. The highest BCUT2D eigenvalue weighted by Crippen LogP contribution is 2.16. The minimum atomic E-state index is -1.05. The molecule has 0 unspecified atom stereocenters. The summed E-state index contributed by atoms with van der Waals surface area (Å²) in [6.45, 7) is -0.414. The van der Waals surface area contributed by atoms with E-state index in [2.05, 4.69) is 10.6 Å². The smallest absolute Gasteiger partial charge is 0.341 e. The molecular formula is C12H10N2O4S. The number of thiocarbonyl (C=S) groups is 1. The molecule has 1 saturated heterocycles. The molecule has 0 atom stereocenters. The topological polar surface area (TPSA) is 87.7 Å². The summed E-state index contributed by atoms with van der Waals surface area (Å²) in [7, 11) is 0. The lowest BCUT2D eigenvalue weighted by Crippen LogP contribution is -2.21. The van der Waals surface area contributed by atoms with Gasteiger partial charge >= 0.3 is 5.97 Å². The summed E-state index contributed by atoms with van der Waals surface area (Å²) in [4.78, 5) is 21.9. The van der Waals surface area contributed by atoms with Gasteiger partial charge in [-0.25, -0.2) is 4.79 Å². The molecule has 0 saturated carbocycles. The van der Waals surface area contributed by atoms with E-state index in [9.17, 15) is 9.59 Å². The van der Waals surface area contributed by atoms with E-state index in [0.717, 1.165) is 0 Å². The molecule has 1 fully saturated rings. The van der Waals surface area contributed by atoms with Gasteiger partial charge in [0, 0.05) is 0 Å². The van der Waals surface area contributed by atoms with Crippen molar-refractivity contribution in [3.63, 3.8) is 0 Å². The number of amides is 1. The van der Waals surface area contributed by atoms with Gasteiger partial charge in [0.15, 0.2) is 11.7 Å². The molecule has 7 heteroatoms. The Labute approximate surface area is 114 Å². The van der Waals surface area contributed by atoms with Gasteiger partial charge in [0.25, 0.3) is 5.91 Å². The number of aliphatic carboxylic acids is 1. The lowest BCUT2D eigenvalue weighted by atomic mass is 10.2. The average Bonchev–Trinajstić information content (AvgIpc) is 2.66. The van der Waals surface area contributed by atoms with Crippen LogP contribution < -0.4 is 15.4 Å². The van der Waals surface area contributed by atoms with E-state index in [0.29, 0.717) is 17.0 Å². The van der Waals surface area contributed by atoms with Gasteiger partial charge in [0.2, 0.25) is 0 Å². The molecule has 6 nitrogen and oxygen atoms in total. The van der Waals surface area contributed by atoms with Crippen molar-refractivity contribution in [1.82, 2.24) is 10.6 Å². The molecule has 3 N–H and O–H groups in total. The predicted molar refractivity (Wildman–Crippen MR) is 71.4 cm³/mol. The normalized spacial score (nSPS) is 16.1. The van der Waals surface area contributed by atoms with E-state index in [1.807, 2.05) is 0 Å². The molecule has 2 rings (SSSR count). The first-order valence-electron chi connectivity index (χ1n) is 5.33. The molecule has 0 spiro atoms. The fourth-order valence-corrected chi connectivity index (χ4v) is 1.69. The van der Waals surface area contributed by atoms with Crippen LogP contribution in [0.3, 0.4) is 0 Å². The molecule has 0 radical (unpaired) electrons. The molecule has 1 heterocycles. The number of hydrogen-bond donors (Lipinski definition) is 3. The molecule has 0 aromatic heterocycles. The van der Waals surface area contributed by atoms with Crippen LogP contribution in [-0.2, 0) is 9.59 Å². The molecule has 1 aromatic carbocycles. The van der Waals surface area contributed by atoms with Crippen LogP contribution in [0.5, 0.6) is 5.75 Å². The Kier molecular flexibility index (Phi) is 3.76. The average molecular weight is 278 g/mol. The maximum atomic E-state index is 11.5. The molecule has 0 bridgehead atoms. The van der Waals surface area contributed by atoms with Crippen LogP contribution in [0.25, 0.3) is 6.08 Å². The van der Waals surface area contributed by atoms with E-state index in [-0.39, 0.29) is 11.0 Å². The van der Waals surface area contributed by atoms with Crippen LogP contribution in [0.2, 0.25) is 0 Å². The maximum Gasteiger partial charge on any atom is 0.341 e. The number of carbonyl (C=O) groups is 2. The Morgan fingerprint density at radius 2 is 2.21 bits per heavy atom. The molecular weight excluding hydrogens is 268 g/mol. The zero-order valence-corrected chi connectivity index (χ0v) is 10.5. The van der Waals surface area contributed by atoms with E-state index >= 15 is 0 Å². The maximum absolute atomic E-state index is 11.5. The number of hydrogen-bond acceptors (Lipinski definition) is 4. The van der Waals surface area contributed by atoms with Crippen LogP contribution in [0.1, 0.15) is 5.56 Å². The van der Waals surface area contributed by atoms with Gasteiger partial charge in [0.05, 0.1) is 0 Å². The zero-order valence-electron chi connectivity index (χ0n) is 9.67. The summed E-state index contributed by atoms with van der Waals surface area (Å²) in [5, 5.41) is 13.9. The lowest BCUT2D eigenvalue weighted by molar-refractivity contribution is -0.139. The van der Waals surface area contributed by atoms with Crippen molar-refractivity contribution in [3.05, 3.63) is 35.5 Å². The number of nitrogens with one attached hydrogen (secondary N) is 2. The highest BCUT2D eigenvalue weighted by Gasteiger charge is 2.19. The molecule has 98 valence electrons. The number of ether oxygens (including phenoxy) is 1. The summed E-state index contributed by atoms with van der Waals surface area (Å²) in [5.74, 6) is -0.939. The quantitative estimate of drug-likeness (QED) is 0.549. The van der Waals surface area contributed by atoms with Gasteiger partial charge in [0.1, 0.15) is 11.4 Å². The van der Waals surface area contributed by atoms with Crippen LogP contribution in [-0.4, -0.2) is 28.7 Å². The summed E-state index contributed by atoms with van der Waals surface area (Å²) >= 11 is 4.81. The van der Waals surface area contributed by atoms with Crippen molar-refractivity contribution in [3.8, 4) is 5.75 Å². The number of rotatable bonds is 4. The standard InChI is InChI=1S/C12H10N2O4S/c15-10(16)6-18-8-3-1-2-7(4-8)5-9-11(17)14-12(19)13-9/h1-5H,6H2,(H,15,16)(H2,13,14,17,19). The Balaban J connectivity index is 2.15. The molecule has 1 aliphatic rings. The van der Waals surface area contributed by atoms with Crippen molar-refractivity contribution < 1.29 is 19.4 Å². The second-order valence-corrected chi connectivity index (χ2v) is 4.13. The number of carboxylic acid groups (broad SMARTS) is 1. The Morgan fingerprint density at radius 3 is 2.84 bits per heavy atom. The van der Waals surface area contributed by atoms with E-state index in [1.165, 1.54) is 0 Å². The zero-order chi connectivity index (χ0) is 13.8. The van der Waals surface area contributed by atoms with Crippen LogP contribution in [0.15, 0.2) is 30.0 Å². The Bertz CT molecular complexity index is 583. The third kappa shape index (κ3) is 3.52. The van der Waals surface area contributed by atoms with E-state index in [4.69, 9.17) is 22.1 Å². The highest BCUT2D eigenvalue weighted by molar-refractivity contribution is 7.80. The Hall–Kier alpha value is -2.41. The third-order valence-electron chi connectivity index (χ3n) is 2.25. The number of carboxylic acids is 1. The summed E-state index contributed by atoms with van der Waals surface area (Å²) < 4.78 is 5.04. The third-order valence-corrected chi connectivity index (χ3v) is 2.46. The molecule has 1 aromatic rings. The van der Waals surface area contributed by atoms with Crippen molar-refractivity contribution in [2.24, 2.45) is 0 Å². The second kappa shape index (κ2) is 5.49. The second-order valence-electron chi connectivity index (χ2n) is 3.72. The fraction of sp³-hybridized carbons (Fsp3) is 0.0833. The highest BCUT2D eigenvalue weighted by atomic mass is 32.1. The first-order chi connectivity index (χ1) is 9.04. The summed E-state index contributed by atoms with van der Waals surface area (Å²) in [6, 6.07) is 6.73. The van der Waals surface area contributed by atoms with Crippen molar-refractivity contribution in [1.29, 1.82) is 0 Å². The number of carbonyl (C=O) groups excluding carboxylic acids is 1. The fourth-order valence-electron chi connectivity index (χ4n) is 1.49. The van der Waals surface area contributed by atoms with Gasteiger partial charge < -0.3 is 15.2 Å². The largest absolute Gasteiger partial charge is 0.482 e. The van der Waals surface area contributed by atoms with Gasteiger partial charge in [-0.2, -0.15) is 0 Å². The number of benzene rings is 1. The Morgan fingerprint density at radius 1 is 1.42 bits per heavy atom. The molecule has 1 aliphatic heterocycles. The predicted octanol–water partition coefficient (Wildman–Crippen LogP) is 0.495. The van der Waals surface area contributed by atoms with Crippen molar-refractivity contribution in [2.75, 3.05) is 6.61 Å². The van der Waals surface area contributed by atoms with Crippen LogP contribution in [0.4, 0.5) is 0 Å². The van der Waals surface area contributed by atoms with E-state index < -0.39 is 12.6 Å². The van der Waals surface area contributed by atoms with Gasteiger partial charge in [-0.3, -0.25) is 10.1 Å². The SMILES string of the molecule is O=C(O)COc1cccc(C=C2NC(=S)NC2=O)c1. The van der Waals surface area contributed by atoms with Crippen LogP contribution >= 0.6 is 12.2 Å². The first-order valence-corrected chi connectivity index (χ1v) is 5.74. The van der Waals surface area contributed by atoms with Crippen molar-refractivity contribution in [2.45, 2.75) is 0 Å². The van der Waals surface area contributed by atoms with Crippen LogP contribution in [0, 0.1) is 0 Å².